The quantitative estimate of drug-likeness (QED) is 0.245. The van der Waals surface area contributed by atoms with Crippen LogP contribution in [0, 0.1) is 0 Å². The van der Waals surface area contributed by atoms with Gasteiger partial charge < -0.3 is 25.8 Å². The van der Waals surface area contributed by atoms with E-state index in [2.05, 4.69) is 48.9 Å². The summed E-state index contributed by atoms with van der Waals surface area (Å²) in [5.74, 6) is 0.347. The van der Waals surface area contributed by atoms with Gasteiger partial charge in [-0.3, -0.25) is 9.69 Å². The first-order chi connectivity index (χ1) is 21.7. The third-order valence-electron chi connectivity index (χ3n) is 8.89. The Morgan fingerprint density at radius 2 is 1.69 bits per heavy atom. The lowest BCUT2D eigenvalue weighted by Gasteiger charge is -2.41. The van der Waals surface area contributed by atoms with E-state index in [9.17, 15) is 0 Å². The van der Waals surface area contributed by atoms with E-state index >= 15 is 0 Å². The largest absolute Gasteiger partial charge is 0.491 e. The number of fused-ring (bicyclic) bond motifs is 2. The molecule has 4 aromatic rings. The highest BCUT2D eigenvalue weighted by Gasteiger charge is 2.31. The number of hydrogen-bond donors (Lipinski definition) is 3. The third kappa shape index (κ3) is 6.81. The first-order valence-corrected chi connectivity index (χ1v) is 16.0. The van der Waals surface area contributed by atoms with Gasteiger partial charge in [-0.2, -0.15) is 5.10 Å². The molecule has 1 unspecified atom stereocenters. The number of carboxylic acid groups (broad SMARTS) is 1. The standard InChI is InChI=1S/C30H34Cl2N8O.C2H4O2/c1-38-10-12-39(13-11-38)21-6-8-22(9-7-21)40-30-27(29(33)34-17-35-30)28(37-40)18-2-4-20(5-3-18)36-24-16-41-25-15-19(31)14-23(32)26(24)25;1-2(3)4/h2-5,14-15,17,21-22,24,36H,6-13,16H2,1H3,(H2,33,34,35);1H3,(H,3,4)/t21-,22-,24?;. The Morgan fingerprint density at radius 1 is 1.02 bits per heavy atom. The number of nitrogens with zero attached hydrogens (tertiary/aromatic N) is 6. The van der Waals surface area contributed by atoms with Gasteiger partial charge in [0.05, 0.1) is 22.5 Å². The molecule has 3 aliphatic rings. The summed E-state index contributed by atoms with van der Waals surface area (Å²) in [7, 11) is 2.21. The maximum absolute atomic E-state index is 9.00. The average Bonchev–Trinajstić information content (AvgIpc) is 3.60. The number of anilines is 2. The maximum Gasteiger partial charge on any atom is 0.300 e. The zero-order valence-corrected chi connectivity index (χ0v) is 26.9. The fourth-order valence-corrected chi connectivity index (χ4v) is 7.23. The van der Waals surface area contributed by atoms with E-state index in [1.807, 2.05) is 12.1 Å². The van der Waals surface area contributed by atoms with Crippen molar-refractivity contribution in [3.8, 4) is 17.0 Å². The molecule has 13 heteroatoms. The molecular weight excluding hydrogens is 615 g/mol. The number of nitrogen functional groups attached to an aromatic ring is 1. The summed E-state index contributed by atoms with van der Waals surface area (Å²) in [4.78, 5) is 23.1. The molecular formula is C32H38Cl2N8O3. The van der Waals surface area contributed by atoms with Gasteiger partial charge in [0.2, 0.25) is 0 Å². The number of rotatable bonds is 5. The first-order valence-electron chi connectivity index (χ1n) is 15.3. The molecule has 7 rings (SSSR count). The molecule has 1 atom stereocenters. The molecule has 4 heterocycles. The lowest BCUT2D eigenvalue weighted by molar-refractivity contribution is -0.134. The molecule has 2 fully saturated rings. The van der Waals surface area contributed by atoms with Crippen LogP contribution in [0.4, 0.5) is 11.5 Å². The number of piperazine rings is 1. The van der Waals surface area contributed by atoms with Crippen LogP contribution >= 0.6 is 23.2 Å². The monoisotopic (exact) mass is 652 g/mol. The first kappa shape index (κ1) is 31.3. The maximum atomic E-state index is 9.00. The summed E-state index contributed by atoms with van der Waals surface area (Å²) in [5, 5.41) is 18.1. The lowest BCUT2D eigenvalue weighted by atomic mass is 9.90. The Bertz CT molecular complexity index is 1660. The number of aliphatic carboxylic acids is 1. The number of halogens is 2. The number of aromatic nitrogens is 4. The smallest absolute Gasteiger partial charge is 0.300 e. The van der Waals surface area contributed by atoms with Crippen molar-refractivity contribution >= 4 is 51.7 Å². The van der Waals surface area contributed by atoms with Crippen LogP contribution in [-0.4, -0.2) is 86.5 Å². The topological polar surface area (TPSA) is 135 Å². The highest BCUT2D eigenvalue weighted by atomic mass is 35.5. The van der Waals surface area contributed by atoms with Crippen LogP contribution < -0.4 is 15.8 Å². The SMILES string of the molecule is CC(=O)O.CN1CCN([C@H]2CC[C@H](n3nc(-c4ccc(NC5COc6cc(Cl)cc(Cl)c65)cc4)c4c(N)ncnc43)CC2)CC1. The Morgan fingerprint density at radius 3 is 2.38 bits per heavy atom. The Hall–Kier alpha value is -3.64. The molecule has 0 amide bonds. The summed E-state index contributed by atoms with van der Waals surface area (Å²) in [6.45, 7) is 6.20. The second kappa shape index (κ2) is 13.4. The van der Waals surface area contributed by atoms with Crippen molar-refractivity contribution in [2.24, 2.45) is 0 Å². The van der Waals surface area contributed by atoms with E-state index in [0.29, 0.717) is 34.6 Å². The summed E-state index contributed by atoms with van der Waals surface area (Å²) in [6.07, 6.45) is 6.06. The second-order valence-corrected chi connectivity index (χ2v) is 12.8. The highest BCUT2D eigenvalue weighted by Crippen LogP contribution is 2.42. The van der Waals surface area contributed by atoms with Gasteiger partial charge in [0.15, 0.2) is 5.65 Å². The van der Waals surface area contributed by atoms with Crippen LogP contribution in [0.25, 0.3) is 22.3 Å². The van der Waals surface area contributed by atoms with E-state index in [1.54, 1.807) is 18.5 Å². The Balaban J connectivity index is 0.000000845. The number of ether oxygens (including phenoxy) is 1. The average molecular weight is 654 g/mol. The van der Waals surface area contributed by atoms with Crippen molar-refractivity contribution in [1.82, 2.24) is 29.5 Å². The molecule has 45 heavy (non-hydrogen) atoms. The normalized spacial score (nSPS) is 21.9. The Kier molecular flexibility index (Phi) is 9.32. The number of carbonyl (C=O) groups is 1. The minimum Gasteiger partial charge on any atom is -0.491 e. The summed E-state index contributed by atoms with van der Waals surface area (Å²) in [6, 6.07) is 12.7. The zero-order valence-electron chi connectivity index (χ0n) is 25.4. The van der Waals surface area contributed by atoms with Crippen molar-refractivity contribution < 1.29 is 14.6 Å². The molecule has 1 saturated heterocycles. The zero-order chi connectivity index (χ0) is 31.7. The number of benzene rings is 2. The predicted octanol–water partition coefficient (Wildman–Crippen LogP) is 5.75. The fourth-order valence-electron chi connectivity index (χ4n) is 6.62. The van der Waals surface area contributed by atoms with Crippen molar-refractivity contribution in [3.63, 3.8) is 0 Å². The number of hydrogen-bond acceptors (Lipinski definition) is 9. The van der Waals surface area contributed by atoms with Gasteiger partial charge in [-0.05, 0) is 57.0 Å². The van der Waals surface area contributed by atoms with Crippen molar-refractivity contribution in [1.29, 1.82) is 0 Å². The van der Waals surface area contributed by atoms with E-state index < -0.39 is 5.97 Å². The summed E-state index contributed by atoms with van der Waals surface area (Å²) >= 11 is 12.6. The highest BCUT2D eigenvalue weighted by molar-refractivity contribution is 6.35. The lowest BCUT2D eigenvalue weighted by Crippen LogP contribution is -2.49. The fraction of sp³-hybridized carbons (Fsp3) is 0.438. The van der Waals surface area contributed by atoms with Crippen LogP contribution in [-0.2, 0) is 4.79 Å². The van der Waals surface area contributed by atoms with Crippen LogP contribution in [0.2, 0.25) is 10.0 Å². The molecule has 0 bridgehead atoms. The van der Waals surface area contributed by atoms with Crippen LogP contribution in [0.5, 0.6) is 5.75 Å². The molecule has 238 valence electrons. The Labute approximate surface area is 272 Å². The molecule has 1 saturated carbocycles. The summed E-state index contributed by atoms with van der Waals surface area (Å²) < 4.78 is 7.93. The van der Waals surface area contributed by atoms with Crippen molar-refractivity contribution in [2.75, 3.05) is 50.9 Å². The summed E-state index contributed by atoms with van der Waals surface area (Å²) in [5.41, 5.74) is 10.9. The van der Waals surface area contributed by atoms with Crippen molar-refractivity contribution in [3.05, 3.63) is 58.3 Å². The van der Waals surface area contributed by atoms with Gasteiger partial charge >= 0.3 is 0 Å². The second-order valence-electron chi connectivity index (χ2n) is 12.0. The number of carboxylic acids is 1. The van der Waals surface area contributed by atoms with Crippen LogP contribution in [0.3, 0.4) is 0 Å². The van der Waals surface area contributed by atoms with Gasteiger partial charge in [-0.15, -0.1) is 0 Å². The molecule has 2 aromatic heterocycles. The molecule has 0 radical (unpaired) electrons. The molecule has 2 aromatic carbocycles. The number of nitrogens with one attached hydrogen (secondary N) is 1. The predicted molar refractivity (Wildman–Crippen MR) is 177 cm³/mol. The van der Waals surface area contributed by atoms with Gasteiger partial charge in [-0.25, -0.2) is 14.6 Å². The van der Waals surface area contributed by atoms with E-state index in [-0.39, 0.29) is 6.04 Å². The molecule has 1 aliphatic carbocycles. The third-order valence-corrected chi connectivity index (χ3v) is 9.42. The van der Waals surface area contributed by atoms with Crippen LogP contribution in [0.15, 0.2) is 42.7 Å². The van der Waals surface area contributed by atoms with E-state index in [4.69, 9.17) is 48.7 Å². The van der Waals surface area contributed by atoms with E-state index in [1.165, 1.54) is 12.8 Å². The van der Waals surface area contributed by atoms with Crippen molar-refractivity contribution in [2.45, 2.75) is 50.7 Å². The van der Waals surface area contributed by atoms with Gasteiger partial charge in [0.1, 0.15) is 30.2 Å². The van der Waals surface area contributed by atoms with Gasteiger partial charge in [-0.1, -0.05) is 35.3 Å². The molecule has 4 N–H and O–H groups in total. The van der Waals surface area contributed by atoms with Crippen LogP contribution in [0.1, 0.15) is 50.3 Å². The van der Waals surface area contributed by atoms with E-state index in [0.717, 1.165) is 85.2 Å². The minimum atomic E-state index is -0.833. The molecule has 2 aliphatic heterocycles. The minimum absolute atomic E-state index is 0.0642. The number of likely N-dealkylation sites (N-methyl/N-ethyl adjacent to an activating group) is 1. The number of nitrogens with two attached hydrogens (primary N) is 1. The van der Waals surface area contributed by atoms with Gasteiger partial charge in [0.25, 0.3) is 5.97 Å². The molecule has 0 spiro atoms. The molecule has 11 nitrogen and oxygen atoms in total. The van der Waals surface area contributed by atoms with Gasteiger partial charge in [0, 0.05) is 61.0 Å².